The number of H-pyrrole nitrogens is 1. The second-order valence-electron chi connectivity index (χ2n) is 4.81. The highest BCUT2D eigenvalue weighted by molar-refractivity contribution is 5.85. The molecule has 6 heteroatoms. The summed E-state index contributed by atoms with van der Waals surface area (Å²) < 4.78 is 5.61. The molecule has 1 aromatic heterocycles. The molecule has 0 amide bonds. The van der Waals surface area contributed by atoms with E-state index in [9.17, 15) is 0 Å². The molecule has 2 rings (SSSR count). The zero-order valence-corrected chi connectivity index (χ0v) is 14.0. The molecule has 1 aromatic carbocycles. The molecule has 0 unspecified atom stereocenters. The van der Waals surface area contributed by atoms with Crippen LogP contribution in [0.1, 0.15) is 25.1 Å². The number of nitrogens with one attached hydrogen (secondary N) is 2. The van der Waals surface area contributed by atoms with E-state index in [1.165, 1.54) is 5.56 Å². The summed E-state index contributed by atoms with van der Waals surface area (Å²) in [4.78, 5) is 7.09. The van der Waals surface area contributed by atoms with Crippen molar-refractivity contribution in [1.82, 2.24) is 15.3 Å². The monoisotopic (exact) mass is 331 g/mol. The predicted molar refractivity (Wildman–Crippen MR) is 90.7 cm³/mol. The molecule has 21 heavy (non-hydrogen) atoms. The van der Waals surface area contributed by atoms with E-state index in [-0.39, 0.29) is 30.9 Å². The number of benzene rings is 1. The highest BCUT2D eigenvalue weighted by atomic mass is 35.5. The quantitative estimate of drug-likeness (QED) is 0.765. The highest BCUT2D eigenvalue weighted by Crippen LogP contribution is 2.13. The molecule has 4 nitrogen and oxygen atoms in total. The van der Waals surface area contributed by atoms with Gasteiger partial charge in [0.1, 0.15) is 5.75 Å². The summed E-state index contributed by atoms with van der Waals surface area (Å²) in [6, 6.07) is 8.24. The first-order valence-corrected chi connectivity index (χ1v) is 6.67. The van der Waals surface area contributed by atoms with Gasteiger partial charge in [-0.2, -0.15) is 0 Å². The van der Waals surface area contributed by atoms with Crippen molar-refractivity contribution in [2.45, 2.75) is 32.9 Å². The molecular weight excluding hydrogens is 309 g/mol. The number of rotatable bonds is 7. The largest absolute Gasteiger partial charge is 0.491 e. The summed E-state index contributed by atoms with van der Waals surface area (Å²) in [7, 11) is 0. The first-order valence-electron chi connectivity index (χ1n) is 6.67. The summed E-state index contributed by atoms with van der Waals surface area (Å²) in [5.74, 6) is 0.927. The minimum atomic E-state index is 0. The number of nitrogens with zero attached hydrogens (tertiary/aromatic N) is 1. The second-order valence-corrected chi connectivity index (χ2v) is 4.81. The van der Waals surface area contributed by atoms with Gasteiger partial charge in [-0.05, 0) is 31.5 Å². The lowest BCUT2D eigenvalue weighted by molar-refractivity contribution is 0.242. The van der Waals surface area contributed by atoms with Gasteiger partial charge in [-0.3, -0.25) is 0 Å². The lowest BCUT2D eigenvalue weighted by atomic mass is 10.2. The van der Waals surface area contributed by atoms with E-state index in [2.05, 4.69) is 27.4 Å². The van der Waals surface area contributed by atoms with E-state index in [1.807, 2.05) is 32.2 Å². The zero-order valence-electron chi connectivity index (χ0n) is 12.3. The molecule has 0 saturated carbocycles. The third kappa shape index (κ3) is 7.37. The Labute approximate surface area is 138 Å². The van der Waals surface area contributed by atoms with E-state index < -0.39 is 0 Å². The van der Waals surface area contributed by atoms with Crippen LogP contribution in [0, 0.1) is 0 Å². The van der Waals surface area contributed by atoms with Gasteiger partial charge in [-0.1, -0.05) is 12.1 Å². The Morgan fingerprint density at radius 3 is 2.48 bits per heavy atom. The van der Waals surface area contributed by atoms with Crippen molar-refractivity contribution in [3.8, 4) is 5.75 Å². The van der Waals surface area contributed by atoms with Crippen molar-refractivity contribution in [2.24, 2.45) is 0 Å². The molecule has 2 aromatic rings. The first-order chi connectivity index (χ1) is 9.24. The van der Waals surface area contributed by atoms with Crippen LogP contribution in [0.2, 0.25) is 0 Å². The molecule has 0 aliphatic heterocycles. The van der Waals surface area contributed by atoms with Gasteiger partial charge in [-0.25, -0.2) is 4.98 Å². The van der Waals surface area contributed by atoms with Crippen molar-refractivity contribution in [1.29, 1.82) is 0 Å². The minimum Gasteiger partial charge on any atom is -0.491 e. The summed E-state index contributed by atoms with van der Waals surface area (Å²) in [6.07, 6.45) is 4.76. The van der Waals surface area contributed by atoms with Crippen LogP contribution in [0.4, 0.5) is 0 Å². The number of halogens is 2. The Bertz CT molecular complexity index is 472. The number of ether oxygens (including phenoxy) is 1. The molecule has 118 valence electrons. The Hall–Kier alpha value is -1.23. The van der Waals surface area contributed by atoms with Gasteiger partial charge in [0, 0.05) is 31.4 Å². The van der Waals surface area contributed by atoms with Crippen molar-refractivity contribution < 1.29 is 4.74 Å². The third-order valence-electron chi connectivity index (χ3n) is 2.75. The fraction of sp³-hybridized carbons (Fsp3) is 0.400. The molecule has 0 saturated heterocycles. The van der Waals surface area contributed by atoms with Crippen LogP contribution >= 0.6 is 24.8 Å². The van der Waals surface area contributed by atoms with Crippen molar-refractivity contribution in [2.75, 3.05) is 6.54 Å². The topological polar surface area (TPSA) is 49.9 Å². The van der Waals surface area contributed by atoms with Crippen LogP contribution in [0.15, 0.2) is 36.8 Å². The standard InChI is InChI=1S/C15H21N3O.2ClH/c1-12(2)19-15-5-3-13(4-6-15)9-16-8-7-14-10-17-11-18-14;;/h3-6,10-12,16H,7-9H2,1-2H3,(H,17,18);2*1H. The van der Waals surface area contributed by atoms with Crippen LogP contribution in [0.25, 0.3) is 0 Å². The lowest BCUT2D eigenvalue weighted by Gasteiger charge is -2.10. The Kier molecular flexibility index (Phi) is 9.88. The molecule has 0 fully saturated rings. The SMILES string of the molecule is CC(C)Oc1ccc(CNCCc2cnc[nH]2)cc1.Cl.Cl. The summed E-state index contributed by atoms with van der Waals surface area (Å²) in [5.41, 5.74) is 2.42. The number of hydrogen-bond acceptors (Lipinski definition) is 3. The number of imidazole rings is 1. The molecule has 0 aliphatic rings. The van der Waals surface area contributed by atoms with E-state index in [1.54, 1.807) is 6.33 Å². The van der Waals surface area contributed by atoms with Crippen molar-refractivity contribution in [3.63, 3.8) is 0 Å². The van der Waals surface area contributed by atoms with Gasteiger partial charge in [0.15, 0.2) is 0 Å². The number of hydrogen-bond donors (Lipinski definition) is 2. The normalized spacial score (nSPS) is 9.86. The summed E-state index contributed by atoms with van der Waals surface area (Å²) in [5, 5.41) is 3.41. The molecular formula is C15H23Cl2N3O. The molecule has 0 atom stereocenters. The predicted octanol–water partition coefficient (Wildman–Crippen LogP) is 3.37. The Balaban J connectivity index is 0.00000200. The molecule has 0 radical (unpaired) electrons. The molecule has 0 bridgehead atoms. The smallest absolute Gasteiger partial charge is 0.119 e. The van der Waals surface area contributed by atoms with Crippen molar-refractivity contribution in [3.05, 3.63) is 48.0 Å². The van der Waals surface area contributed by atoms with Crippen LogP contribution in [-0.2, 0) is 13.0 Å². The van der Waals surface area contributed by atoms with Crippen LogP contribution < -0.4 is 10.1 Å². The fourth-order valence-electron chi connectivity index (χ4n) is 1.84. The van der Waals surface area contributed by atoms with Crippen LogP contribution in [0.5, 0.6) is 5.75 Å². The van der Waals surface area contributed by atoms with Gasteiger partial charge in [0.25, 0.3) is 0 Å². The summed E-state index contributed by atoms with van der Waals surface area (Å²) in [6.45, 7) is 5.87. The maximum atomic E-state index is 5.61. The Morgan fingerprint density at radius 2 is 1.90 bits per heavy atom. The molecule has 2 N–H and O–H groups in total. The maximum Gasteiger partial charge on any atom is 0.119 e. The van der Waals surface area contributed by atoms with Gasteiger partial charge in [-0.15, -0.1) is 24.8 Å². The van der Waals surface area contributed by atoms with E-state index in [0.717, 1.165) is 31.0 Å². The average molecular weight is 332 g/mol. The Morgan fingerprint density at radius 1 is 1.19 bits per heavy atom. The average Bonchev–Trinajstić information content (AvgIpc) is 2.89. The van der Waals surface area contributed by atoms with E-state index in [4.69, 9.17) is 4.74 Å². The van der Waals surface area contributed by atoms with Gasteiger partial charge in [0.05, 0.1) is 12.4 Å². The van der Waals surface area contributed by atoms with E-state index in [0.29, 0.717) is 0 Å². The van der Waals surface area contributed by atoms with Crippen LogP contribution in [0.3, 0.4) is 0 Å². The molecule has 0 spiro atoms. The molecule has 1 heterocycles. The third-order valence-corrected chi connectivity index (χ3v) is 2.75. The van der Waals surface area contributed by atoms with Gasteiger partial charge in [0.2, 0.25) is 0 Å². The minimum absolute atomic E-state index is 0. The lowest BCUT2D eigenvalue weighted by Crippen LogP contribution is -2.16. The van der Waals surface area contributed by atoms with Crippen molar-refractivity contribution >= 4 is 24.8 Å². The maximum absolute atomic E-state index is 5.61. The van der Waals surface area contributed by atoms with Gasteiger partial charge < -0.3 is 15.0 Å². The number of aromatic nitrogens is 2. The zero-order chi connectivity index (χ0) is 13.5. The summed E-state index contributed by atoms with van der Waals surface area (Å²) >= 11 is 0. The van der Waals surface area contributed by atoms with Gasteiger partial charge >= 0.3 is 0 Å². The highest BCUT2D eigenvalue weighted by Gasteiger charge is 1.98. The fourth-order valence-corrected chi connectivity index (χ4v) is 1.84. The number of aromatic amines is 1. The second kappa shape index (κ2) is 10.5. The van der Waals surface area contributed by atoms with Crippen LogP contribution in [-0.4, -0.2) is 22.6 Å². The first kappa shape index (κ1) is 19.8. The molecule has 0 aliphatic carbocycles. The van der Waals surface area contributed by atoms with E-state index >= 15 is 0 Å².